The van der Waals surface area contributed by atoms with Crippen LogP contribution in [0.5, 0.6) is 5.75 Å². The Morgan fingerprint density at radius 2 is 1.90 bits per heavy atom. The molecule has 3 rings (SSSR count). The third-order valence-electron chi connectivity index (χ3n) is 3.80. The summed E-state index contributed by atoms with van der Waals surface area (Å²) >= 11 is 6.19. The standard InChI is InChI=1S/C17H16ClNO2/c1-21-16-9-5-4-8-15(16)19-17(20)13-10-12(13)11-6-2-3-7-14(11)18/h2-9,12-13H,10H2,1H3,(H,19,20). The number of ether oxygens (including phenoxy) is 1. The Morgan fingerprint density at radius 1 is 1.19 bits per heavy atom. The third kappa shape index (κ3) is 2.88. The quantitative estimate of drug-likeness (QED) is 0.923. The van der Waals surface area contributed by atoms with Gasteiger partial charge in [0.05, 0.1) is 12.8 Å². The van der Waals surface area contributed by atoms with Crippen molar-refractivity contribution in [1.29, 1.82) is 0 Å². The van der Waals surface area contributed by atoms with Gasteiger partial charge >= 0.3 is 0 Å². The van der Waals surface area contributed by atoms with Crippen LogP contribution in [0.1, 0.15) is 17.9 Å². The van der Waals surface area contributed by atoms with E-state index in [9.17, 15) is 4.79 Å². The number of anilines is 1. The summed E-state index contributed by atoms with van der Waals surface area (Å²) in [6, 6.07) is 15.1. The first kappa shape index (κ1) is 14.0. The zero-order chi connectivity index (χ0) is 14.8. The van der Waals surface area contributed by atoms with Crippen molar-refractivity contribution >= 4 is 23.2 Å². The van der Waals surface area contributed by atoms with Gasteiger partial charge in [-0.15, -0.1) is 0 Å². The van der Waals surface area contributed by atoms with E-state index in [1.54, 1.807) is 7.11 Å². The second-order valence-electron chi connectivity index (χ2n) is 5.16. The van der Waals surface area contributed by atoms with Crippen LogP contribution in [0.4, 0.5) is 5.69 Å². The average molecular weight is 302 g/mol. The van der Waals surface area contributed by atoms with E-state index in [1.807, 2.05) is 48.5 Å². The zero-order valence-corrected chi connectivity index (χ0v) is 12.4. The molecule has 4 heteroatoms. The minimum atomic E-state index is -0.0187. The van der Waals surface area contributed by atoms with Crippen molar-refractivity contribution in [2.24, 2.45) is 5.92 Å². The number of rotatable bonds is 4. The summed E-state index contributed by atoms with van der Waals surface area (Å²) in [5, 5.41) is 3.67. The van der Waals surface area contributed by atoms with Crippen molar-refractivity contribution in [3.63, 3.8) is 0 Å². The van der Waals surface area contributed by atoms with E-state index in [4.69, 9.17) is 16.3 Å². The molecule has 1 fully saturated rings. The van der Waals surface area contributed by atoms with E-state index in [0.717, 1.165) is 17.0 Å². The SMILES string of the molecule is COc1ccccc1NC(=O)C1CC1c1ccccc1Cl. The molecule has 0 spiro atoms. The van der Waals surface area contributed by atoms with Gasteiger partial charge in [0, 0.05) is 10.9 Å². The number of hydrogen-bond acceptors (Lipinski definition) is 2. The highest BCUT2D eigenvalue weighted by molar-refractivity contribution is 6.31. The molecule has 0 aliphatic heterocycles. The first-order valence-corrected chi connectivity index (χ1v) is 7.27. The predicted octanol–water partition coefficient (Wildman–Crippen LogP) is 4.09. The molecule has 0 radical (unpaired) electrons. The van der Waals surface area contributed by atoms with Gasteiger partial charge in [-0.3, -0.25) is 4.79 Å². The van der Waals surface area contributed by atoms with Gasteiger partial charge in [0.1, 0.15) is 5.75 Å². The summed E-state index contributed by atoms with van der Waals surface area (Å²) in [6.07, 6.45) is 0.838. The lowest BCUT2D eigenvalue weighted by Crippen LogP contribution is -2.15. The Morgan fingerprint density at radius 3 is 2.67 bits per heavy atom. The maximum absolute atomic E-state index is 12.3. The maximum atomic E-state index is 12.3. The smallest absolute Gasteiger partial charge is 0.228 e. The molecule has 2 atom stereocenters. The first-order valence-electron chi connectivity index (χ1n) is 6.89. The molecule has 2 unspecified atom stereocenters. The monoisotopic (exact) mass is 301 g/mol. The average Bonchev–Trinajstić information content (AvgIpc) is 3.29. The molecule has 1 aliphatic rings. The molecule has 1 aliphatic carbocycles. The Hall–Kier alpha value is -2.00. The van der Waals surface area contributed by atoms with Crippen LogP contribution in [0.3, 0.4) is 0 Å². The van der Waals surface area contributed by atoms with Crippen molar-refractivity contribution in [3.8, 4) is 5.75 Å². The fourth-order valence-electron chi connectivity index (χ4n) is 2.58. The van der Waals surface area contributed by atoms with E-state index in [0.29, 0.717) is 11.4 Å². The zero-order valence-electron chi connectivity index (χ0n) is 11.7. The molecular weight excluding hydrogens is 286 g/mol. The maximum Gasteiger partial charge on any atom is 0.228 e. The van der Waals surface area contributed by atoms with Gasteiger partial charge in [-0.25, -0.2) is 0 Å². The van der Waals surface area contributed by atoms with E-state index in [2.05, 4.69) is 5.32 Å². The molecule has 1 saturated carbocycles. The van der Waals surface area contributed by atoms with Crippen molar-refractivity contribution in [2.45, 2.75) is 12.3 Å². The van der Waals surface area contributed by atoms with Crippen molar-refractivity contribution in [3.05, 3.63) is 59.1 Å². The summed E-state index contributed by atoms with van der Waals surface area (Å²) in [6.45, 7) is 0. The van der Waals surface area contributed by atoms with Crippen LogP contribution < -0.4 is 10.1 Å². The van der Waals surface area contributed by atoms with Gasteiger partial charge < -0.3 is 10.1 Å². The van der Waals surface area contributed by atoms with Crippen LogP contribution >= 0.6 is 11.6 Å². The minimum absolute atomic E-state index is 0.0180. The van der Waals surface area contributed by atoms with Gasteiger partial charge in [0.15, 0.2) is 0 Å². The lowest BCUT2D eigenvalue weighted by Gasteiger charge is -2.09. The second-order valence-corrected chi connectivity index (χ2v) is 5.57. The van der Waals surface area contributed by atoms with Crippen molar-refractivity contribution in [1.82, 2.24) is 0 Å². The van der Waals surface area contributed by atoms with E-state index in [-0.39, 0.29) is 17.7 Å². The van der Waals surface area contributed by atoms with E-state index < -0.39 is 0 Å². The molecular formula is C17H16ClNO2. The largest absolute Gasteiger partial charge is 0.495 e. The molecule has 1 N–H and O–H groups in total. The van der Waals surface area contributed by atoms with E-state index in [1.165, 1.54) is 0 Å². The Labute approximate surface area is 128 Å². The minimum Gasteiger partial charge on any atom is -0.495 e. The van der Waals surface area contributed by atoms with Gasteiger partial charge in [-0.2, -0.15) is 0 Å². The Kier molecular flexibility index (Phi) is 3.84. The lowest BCUT2D eigenvalue weighted by atomic mass is 10.1. The lowest BCUT2D eigenvalue weighted by molar-refractivity contribution is -0.117. The molecule has 2 aromatic carbocycles. The molecule has 0 saturated heterocycles. The van der Waals surface area contributed by atoms with Crippen molar-refractivity contribution < 1.29 is 9.53 Å². The molecule has 0 heterocycles. The summed E-state index contributed by atoms with van der Waals surface area (Å²) in [5.41, 5.74) is 1.76. The number of halogens is 1. The van der Waals surface area contributed by atoms with Crippen LogP contribution in [0.15, 0.2) is 48.5 Å². The van der Waals surface area contributed by atoms with Crippen LogP contribution in [-0.2, 0) is 4.79 Å². The van der Waals surface area contributed by atoms with Gasteiger partial charge in [0.25, 0.3) is 0 Å². The summed E-state index contributed by atoms with van der Waals surface area (Å²) in [5.74, 6) is 0.883. The number of amides is 1. The molecule has 3 nitrogen and oxygen atoms in total. The normalized spacial score (nSPS) is 19.9. The fourth-order valence-corrected chi connectivity index (χ4v) is 2.85. The topological polar surface area (TPSA) is 38.3 Å². The van der Waals surface area contributed by atoms with Crippen LogP contribution in [0.2, 0.25) is 5.02 Å². The second kappa shape index (κ2) is 5.78. The Balaban J connectivity index is 1.70. The number of nitrogens with one attached hydrogen (secondary N) is 1. The van der Waals surface area contributed by atoms with Gasteiger partial charge in [0.2, 0.25) is 5.91 Å². The third-order valence-corrected chi connectivity index (χ3v) is 4.14. The highest BCUT2D eigenvalue weighted by Gasteiger charge is 2.44. The number of carbonyl (C=O) groups is 1. The number of hydrogen-bond donors (Lipinski definition) is 1. The predicted molar refractivity (Wildman–Crippen MR) is 83.9 cm³/mol. The first-order chi connectivity index (χ1) is 10.2. The van der Waals surface area contributed by atoms with E-state index >= 15 is 0 Å². The highest BCUT2D eigenvalue weighted by atomic mass is 35.5. The molecule has 0 aromatic heterocycles. The van der Waals surface area contributed by atoms with Gasteiger partial charge in [-0.05, 0) is 36.1 Å². The molecule has 108 valence electrons. The fraction of sp³-hybridized carbons (Fsp3) is 0.235. The summed E-state index contributed by atoms with van der Waals surface area (Å²) in [4.78, 5) is 12.3. The highest BCUT2D eigenvalue weighted by Crippen LogP contribution is 2.50. The molecule has 21 heavy (non-hydrogen) atoms. The van der Waals surface area contributed by atoms with Crippen molar-refractivity contribution in [2.75, 3.05) is 12.4 Å². The summed E-state index contributed by atoms with van der Waals surface area (Å²) in [7, 11) is 1.59. The molecule has 1 amide bonds. The Bertz CT molecular complexity index is 671. The molecule has 2 aromatic rings. The van der Waals surface area contributed by atoms with Crippen LogP contribution in [0, 0.1) is 5.92 Å². The van der Waals surface area contributed by atoms with Gasteiger partial charge in [-0.1, -0.05) is 41.9 Å². The van der Waals surface area contributed by atoms with Crippen LogP contribution in [0.25, 0.3) is 0 Å². The number of carbonyl (C=O) groups excluding carboxylic acids is 1. The number of methoxy groups -OCH3 is 1. The molecule has 0 bridgehead atoms. The van der Waals surface area contributed by atoms with Crippen LogP contribution in [-0.4, -0.2) is 13.0 Å². The number of benzene rings is 2. The summed E-state index contributed by atoms with van der Waals surface area (Å²) < 4.78 is 5.24. The number of para-hydroxylation sites is 2.